The van der Waals surface area contributed by atoms with E-state index < -0.39 is 23.6 Å². The van der Waals surface area contributed by atoms with Crippen molar-refractivity contribution in [2.24, 2.45) is 0 Å². The number of anilines is 1. The lowest BCUT2D eigenvalue weighted by Gasteiger charge is -2.19. The Balaban J connectivity index is 1.75. The van der Waals surface area contributed by atoms with Crippen molar-refractivity contribution >= 4 is 17.5 Å². The molecule has 0 aliphatic heterocycles. The minimum atomic E-state index is -0.863. The van der Waals surface area contributed by atoms with Gasteiger partial charge in [-0.1, -0.05) is 48.5 Å². The van der Waals surface area contributed by atoms with E-state index >= 15 is 0 Å². The molecule has 2 amide bonds. The highest BCUT2D eigenvalue weighted by Gasteiger charge is 2.20. The fourth-order valence-corrected chi connectivity index (χ4v) is 2.75. The summed E-state index contributed by atoms with van der Waals surface area (Å²) in [6.45, 7) is 0. The molecule has 142 valence electrons. The van der Waals surface area contributed by atoms with Gasteiger partial charge in [-0.05, 0) is 29.8 Å². The lowest BCUT2D eigenvalue weighted by atomic mass is 10.0. The van der Waals surface area contributed by atoms with Crippen LogP contribution in [0.3, 0.4) is 0 Å². The van der Waals surface area contributed by atoms with Crippen LogP contribution in [-0.4, -0.2) is 11.8 Å². The Hall–Kier alpha value is -3.54. The summed E-state index contributed by atoms with van der Waals surface area (Å²) in [6.07, 6.45) is -0.112. The van der Waals surface area contributed by atoms with Gasteiger partial charge in [0.1, 0.15) is 11.6 Å². The van der Waals surface area contributed by atoms with Gasteiger partial charge in [-0.3, -0.25) is 9.59 Å². The zero-order valence-corrected chi connectivity index (χ0v) is 14.9. The van der Waals surface area contributed by atoms with Gasteiger partial charge in [0.2, 0.25) is 5.91 Å². The average Bonchev–Trinajstić information content (AvgIpc) is 2.71. The van der Waals surface area contributed by atoms with E-state index in [1.54, 1.807) is 54.6 Å². The lowest BCUT2D eigenvalue weighted by molar-refractivity contribution is -0.116. The highest BCUT2D eigenvalue weighted by atomic mass is 19.1. The maximum Gasteiger partial charge on any atom is 0.251 e. The summed E-state index contributed by atoms with van der Waals surface area (Å²) in [7, 11) is 0. The molecule has 6 heteroatoms. The maximum atomic E-state index is 13.8. The number of carbonyl (C=O) groups excluding carboxylic acids is 2. The van der Waals surface area contributed by atoms with Gasteiger partial charge in [0.05, 0.1) is 18.2 Å². The summed E-state index contributed by atoms with van der Waals surface area (Å²) in [5.74, 6) is -2.42. The van der Waals surface area contributed by atoms with Crippen LogP contribution in [0.5, 0.6) is 0 Å². The molecule has 2 N–H and O–H groups in total. The largest absolute Gasteiger partial charge is 0.345 e. The number of hydrogen-bond acceptors (Lipinski definition) is 2. The number of amides is 2. The lowest BCUT2D eigenvalue weighted by Crippen LogP contribution is -2.31. The van der Waals surface area contributed by atoms with Crippen LogP contribution < -0.4 is 10.6 Å². The Morgan fingerprint density at radius 2 is 1.50 bits per heavy atom. The van der Waals surface area contributed by atoms with Crippen molar-refractivity contribution < 1.29 is 18.4 Å². The van der Waals surface area contributed by atoms with Gasteiger partial charge in [-0.15, -0.1) is 0 Å². The smallest absolute Gasteiger partial charge is 0.251 e. The molecule has 0 aromatic heterocycles. The third-order valence-corrected chi connectivity index (χ3v) is 4.14. The monoisotopic (exact) mass is 380 g/mol. The van der Waals surface area contributed by atoms with Gasteiger partial charge in [-0.25, -0.2) is 8.78 Å². The van der Waals surface area contributed by atoms with Gasteiger partial charge in [0.15, 0.2) is 0 Å². The van der Waals surface area contributed by atoms with E-state index in [4.69, 9.17) is 0 Å². The van der Waals surface area contributed by atoms with Gasteiger partial charge < -0.3 is 10.6 Å². The molecule has 4 nitrogen and oxygen atoms in total. The number of carbonyl (C=O) groups is 2. The van der Waals surface area contributed by atoms with E-state index in [0.717, 1.165) is 17.7 Å². The molecule has 0 radical (unpaired) electrons. The average molecular weight is 380 g/mol. The third-order valence-electron chi connectivity index (χ3n) is 4.14. The molecule has 0 bridgehead atoms. The maximum absolute atomic E-state index is 13.8. The minimum absolute atomic E-state index is 0.112. The zero-order valence-electron chi connectivity index (χ0n) is 14.9. The third kappa shape index (κ3) is 5.01. The molecule has 0 fully saturated rings. The Kier molecular flexibility index (Phi) is 6.11. The van der Waals surface area contributed by atoms with E-state index in [-0.39, 0.29) is 18.0 Å². The molecule has 3 aromatic rings. The summed E-state index contributed by atoms with van der Waals surface area (Å²) in [5.41, 5.74) is 1.09. The van der Waals surface area contributed by atoms with Crippen molar-refractivity contribution in [1.82, 2.24) is 5.32 Å². The molecule has 0 heterocycles. The second-order valence-electron chi connectivity index (χ2n) is 6.18. The minimum Gasteiger partial charge on any atom is -0.345 e. The van der Waals surface area contributed by atoms with Gasteiger partial charge in [0, 0.05) is 11.6 Å². The standard InChI is InChI=1S/C22H18F2N2O2/c23-17-11-12-19(18(24)13-17)25-21(27)14-20(15-7-3-1-4-8-15)26-22(28)16-9-5-2-6-10-16/h1-13,20H,14H2,(H,25,27)(H,26,28)/t20-/m1/s1. The van der Waals surface area contributed by atoms with Crippen molar-refractivity contribution in [2.45, 2.75) is 12.5 Å². The molecule has 1 atom stereocenters. The highest BCUT2D eigenvalue weighted by molar-refractivity contribution is 5.95. The first-order chi connectivity index (χ1) is 13.5. The molecular weight excluding hydrogens is 362 g/mol. The molecule has 3 rings (SSSR count). The van der Waals surface area contributed by atoms with Crippen LogP contribution >= 0.6 is 0 Å². The second kappa shape index (κ2) is 8.90. The second-order valence-corrected chi connectivity index (χ2v) is 6.18. The van der Waals surface area contributed by atoms with Crippen LogP contribution in [0.25, 0.3) is 0 Å². The quantitative estimate of drug-likeness (QED) is 0.663. The molecule has 0 unspecified atom stereocenters. The topological polar surface area (TPSA) is 58.2 Å². The summed E-state index contributed by atoms with van der Waals surface area (Å²) in [5, 5.41) is 5.26. The van der Waals surface area contributed by atoms with Crippen LogP contribution in [0.2, 0.25) is 0 Å². The predicted molar refractivity (Wildman–Crippen MR) is 103 cm³/mol. The number of rotatable bonds is 6. The number of hydrogen-bond donors (Lipinski definition) is 2. The normalized spacial score (nSPS) is 11.5. The van der Waals surface area contributed by atoms with E-state index in [2.05, 4.69) is 10.6 Å². The van der Waals surface area contributed by atoms with Crippen molar-refractivity contribution in [2.75, 3.05) is 5.32 Å². The molecule has 0 spiro atoms. The Morgan fingerprint density at radius 3 is 2.14 bits per heavy atom. The molecule has 0 aliphatic rings. The molecule has 0 saturated carbocycles. The molecule has 0 saturated heterocycles. The van der Waals surface area contributed by atoms with Gasteiger partial charge in [-0.2, -0.15) is 0 Å². The molecule has 0 aliphatic carbocycles. The SMILES string of the molecule is O=C(C[C@@H](NC(=O)c1ccccc1)c1ccccc1)Nc1ccc(F)cc1F. The van der Waals surface area contributed by atoms with Crippen molar-refractivity contribution in [3.05, 3.63) is 102 Å². The van der Waals surface area contributed by atoms with Crippen molar-refractivity contribution in [3.8, 4) is 0 Å². The first-order valence-corrected chi connectivity index (χ1v) is 8.68. The Morgan fingerprint density at radius 1 is 0.857 bits per heavy atom. The number of nitrogens with one attached hydrogen (secondary N) is 2. The molecular formula is C22H18F2N2O2. The van der Waals surface area contributed by atoms with E-state index in [0.29, 0.717) is 11.6 Å². The van der Waals surface area contributed by atoms with Crippen molar-refractivity contribution in [1.29, 1.82) is 0 Å². The summed E-state index contributed by atoms with van der Waals surface area (Å²) in [4.78, 5) is 24.9. The fraction of sp³-hybridized carbons (Fsp3) is 0.0909. The molecule has 3 aromatic carbocycles. The van der Waals surface area contributed by atoms with Crippen LogP contribution in [0.4, 0.5) is 14.5 Å². The van der Waals surface area contributed by atoms with E-state index in [9.17, 15) is 18.4 Å². The first kappa shape index (κ1) is 19.2. The van der Waals surface area contributed by atoms with Crippen LogP contribution in [0.1, 0.15) is 28.4 Å². The van der Waals surface area contributed by atoms with E-state index in [1.165, 1.54) is 0 Å². The van der Waals surface area contributed by atoms with Crippen molar-refractivity contribution in [3.63, 3.8) is 0 Å². The fourth-order valence-electron chi connectivity index (χ4n) is 2.75. The molecule has 28 heavy (non-hydrogen) atoms. The van der Waals surface area contributed by atoms with Crippen LogP contribution in [0.15, 0.2) is 78.9 Å². The summed E-state index contributed by atoms with van der Waals surface area (Å²) >= 11 is 0. The predicted octanol–water partition coefficient (Wildman–Crippen LogP) is 4.46. The number of benzene rings is 3. The van der Waals surface area contributed by atoms with Crippen LogP contribution in [-0.2, 0) is 4.79 Å². The van der Waals surface area contributed by atoms with E-state index in [1.807, 2.05) is 6.07 Å². The van der Waals surface area contributed by atoms with Gasteiger partial charge in [0.25, 0.3) is 5.91 Å². The Bertz CT molecular complexity index is 963. The Labute approximate surface area is 161 Å². The summed E-state index contributed by atoms with van der Waals surface area (Å²) < 4.78 is 26.8. The zero-order chi connectivity index (χ0) is 19.9. The number of halogens is 2. The highest BCUT2D eigenvalue weighted by Crippen LogP contribution is 2.20. The van der Waals surface area contributed by atoms with Gasteiger partial charge >= 0.3 is 0 Å². The van der Waals surface area contributed by atoms with Crippen LogP contribution in [0, 0.1) is 11.6 Å². The summed E-state index contributed by atoms with van der Waals surface area (Å²) in [6, 6.07) is 20.0. The first-order valence-electron chi connectivity index (χ1n) is 8.68.